The Bertz CT molecular complexity index is 1590. The Morgan fingerprint density at radius 1 is 0.780 bits per heavy atom. The van der Waals surface area contributed by atoms with Gasteiger partial charge in [-0.25, -0.2) is 0 Å². The average Bonchev–Trinajstić information content (AvgIpc) is 3.11. The van der Waals surface area contributed by atoms with E-state index in [4.69, 9.17) is 4.74 Å². The minimum atomic E-state index is -0.767. The van der Waals surface area contributed by atoms with E-state index >= 15 is 0 Å². The molecule has 0 saturated heterocycles. The van der Waals surface area contributed by atoms with Gasteiger partial charge in [-0.2, -0.15) is 0 Å². The summed E-state index contributed by atoms with van der Waals surface area (Å²) in [4.78, 5) is 13.2. The minimum absolute atomic E-state index is 0.0460. The maximum absolute atomic E-state index is 11.0. The second kappa shape index (κ2) is 19.7. The Kier molecular flexibility index (Phi) is 15.2. The molecule has 8 heteroatoms. The number of nitrogens with one attached hydrogen (secondary N) is 2. The highest BCUT2D eigenvalue weighted by Crippen LogP contribution is 2.35. The summed E-state index contributed by atoms with van der Waals surface area (Å²) < 4.78 is 6.03. The van der Waals surface area contributed by atoms with Crippen LogP contribution in [0.15, 0.2) is 91.0 Å². The van der Waals surface area contributed by atoms with Gasteiger partial charge in [0.25, 0.3) is 0 Å². The van der Waals surface area contributed by atoms with Crippen LogP contribution in [-0.2, 0) is 17.6 Å². The van der Waals surface area contributed by atoms with E-state index < -0.39 is 6.10 Å². The summed E-state index contributed by atoms with van der Waals surface area (Å²) in [5, 5.41) is 37.0. The van der Waals surface area contributed by atoms with E-state index in [1.165, 1.54) is 22.8 Å². The standard InChI is InChI=1S/C42H55N3O5/c1-30(2)45(31(3)4)24-22-37(34-11-6-5-7-12-34)38-26-33(15-19-40(38)47)10-8-9-25-50-36-17-13-32(14-18-36)21-23-43-28-42(49)35-16-20-41(48)39(27-35)44-29-46/h5-7,11-20,26-27,29-31,37,42-43,47-49H,8-10,21-25,28H2,1-4H3,(H,44,46)/t37-,42?/m1/s1. The second-order valence-corrected chi connectivity index (χ2v) is 13.5. The summed E-state index contributed by atoms with van der Waals surface area (Å²) in [6.45, 7) is 11.6. The molecular weight excluding hydrogens is 626 g/mol. The topological polar surface area (TPSA) is 114 Å². The van der Waals surface area contributed by atoms with Crippen LogP contribution in [0.2, 0.25) is 0 Å². The first-order chi connectivity index (χ1) is 24.2. The summed E-state index contributed by atoms with van der Waals surface area (Å²) in [7, 11) is 0. The number of aliphatic hydroxyl groups excluding tert-OH is 1. The highest BCUT2D eigenvalue weighted by Gasteiger charge is 2.22. The first-order valence-corrected chi connectivity index (χ1v) is 17.9. The lowest BCUT2D eigenvalue weighted by Gasteiger charge is -2.32. The SMILES string of the molecule is CC(C)N(CC[C@H](c1ccccc1)c1cc(CCCCOc2ccc(CCNCC(O)c3ccc(O)c(NC=O)c3)cc2)ccc1O)C(C)C. The van der Waals surface area contributed by atoms with Crippen molar-refractivity contribution in [2.75, 3.05) is 31.6 Å². The van der Waals surface area contributed by atoms with Crippen LogP contribution in [0.3, 0.4) is 0 Å². The van der Waals surface area contributed by atoms with E-state index in [2.05, 4.69) is 85.7 Å². The molecule has 0 fully saturated rings. The number of carbonyl (C=O) groups is 1. The third-order valence-electron chi connectivity index (χ3n) is 9.27. The lowest BCUT2D eigenvalue weighted by atomic mass is 9.86. The first kappa shape index (κ1) is 38.4. The van der Waals surface area contributed by atoms with Crippen molar-refractivity contribution in [2.45, 2.75) is 83.9 Å². The third-order valence-corrected chi connectivity index (χ3v) is 9.27. The normalized spacial score (nSPS) is 12.7. The Labute approximate surface area is 298 Å². The van der Waals surface area contributed by atoms with Crippen molar-refractivity contribution in [2.24, 2.45) is 0 Å². The first-order valence-electron chi connectivity index (χ1n) is 17.9. The van der Waals surface area contributed by atoms with Gasteiger partial charge in [0.15, 0.2) is 0 Å². The Balaban J connectivity index is 1.21. The predicted molar refractivity (Wildman–Crippen MR) is 202 cm³/mol. The molecule has 5 N–H and O–H groups in total. The number of aliphatic hydroxyl groups is 1. The number of phenolic OH excluding ortho intramolecular Hbond substituents is 2. The van der Waals surface area contributed by atoms with Gasteiger partial charge in [-0.05, 0) is 125 Å². The van der Waals surface area contributed by atoms with Crippen LogP contribution in [0.4, 0.5) is 5.69 Å². The van der Waals surface area contributed by atoms with Crippen molar-refractivity contribution in [3.8, 4) is 17.2 Å². The molecule has 4 aromatic rings. The second-order valence-electron chi connectivity index (χ2n) is 13.5. The monoisotopic (exact) mass is 681 g/mol. The van der Waals surface area contributed by atoms with Crippen LogP contribution in [0.25, 0.3) is 0 Å². The minimum Gasteiger partial charge on any atom is -0.508 e. The molecule has 1 amide bonds. The van der Waals surface area contributed by atoms with Crippen molar-refractivity contribution < 1.29 is 24.9 Å². The summed E-state index contributed by atoms with van der Waals surface area (Å²) >= 11 is 0. The van der Waals surface area contributed by atoms with Crippen LogP contribution in [0.1, 0.15) is 86.8 Å². The van der Waals surface area contributed by atoms with Gasteiger partial charge in [-0.3, -0.25) is 9.69 Å². The molecule has 0 radical (unpaired) electrons. The van der Waals surface area contributed by atoms with Crippen LogP contribution in [-0.4, -0.2) is 65.0 Å². The van der Waals surface area contributed by atoms with Crippen molar-refractivity contribution in [3.63, 3.8) is 0 Å². The van der Waals surface area contributed by atoms with Crippen LogP contribution < -0.4 is 15.4 Å². The summed E-state index contributed by atoms with van der Waals surface area (Å²) in [5.41, 5.74) is 5.51. The number of benzene rings is 4. The summed E-state index contributed by atoms with van der Waals surface area (Å²) in [5.74, 6) is 1.28. The fourth-order valence-electron chi connectivity index (χ4n) is 6.52. The molecule has 0 bridgehead atoms. The zero-order chi connectivity index (χ0) is 35.9. The van der Waals surface area contributed by atoms with E-state index in [1.54, 1.807) is 12.1 Å². The van der Waals surface area contributed by atoms with E-state index in [0.717, 1.165) is 50.0 Å². The van der Waals surface area contributed by atoms with E-state index in [9.17, 15) is 20.1 Å². The van der Waals surface area contributed by atoms with Gasteiger partial charge in [-0.15, -0.1) is 0 Å². The lowest BCUT2D eigenvalue weighted by molar-refractivity contribution is -0.105. The van der Waals surface area contributed by atoms with Gasteiger partial charge in [-0.1, -0.05) is 60.7 Å². The Hall–Kier alpha value is -4.37. The van der Waals surface area contributed by atoms with Gasteiger partial charge >= 0.3 is 0 Å². The molecule has 0 aliphatic carbocycles. The molecule has 0 aromatic heterocycles. The zero-order valence-corrected chi connectivity index (χ0v) is 30.0. The van der Waals surface area contributed by atoms with Crippen LogP contribution >= 0.6 is 0 Å². The number of hydrogen-bond acceptors (Lipinski definition) is 7. The lowest BCUT2D eigenvalue weighted by Crippen LogP contribution is -2.38. The molecule has 2 atom stereocenters. The number of unbranched alkanes of at least 4 members (excludes halogenated alkanes) is 1. The number of phenols is 2. The number of hydrogen-bond donors (Lipinski definition) is 5. The molecule has 0 aliphatic rings. The number of nitrogens with zero attached hydrogens (tertiary/aromatic N) is 1. The fourth-order valence-corrected chi connectivity index (χ4v) is 6.52. The number of carbonyl (C=O) groups excluding carboxylic acids is 1. The molecule has 0 spiro atoms. The van der Waals surface area contributed by atoms with Crippen molar-refractivity contribution in [1.82, 2.24) is 10.2 Å². The molecule has 0 aliphatic heterocycles. The van der Waals surface area contributed by atoms with Gasteiger partial charge < -0.3 is 30.7 Å². The zero-order valence-electron chi connectivity index (χ0n) is 30.0. The molecule has 4 aromatic carbocycles. The Morgan fingerprint density at radius 2 is 1.48 bits per heavy atom. The van der Waals surface area contributed by atoms with Gasteiger partial charge in [0, 0.05) is 30.1 Å². The predicted octanol–water partition coefficient (Wildman–Crippen LogP) is 7.57. The summed E-state index contributed by atoms with van der Waals surface area (Å²) in [6.07, 6.45) is 4.30. The molecular formula is C42H55N3O5. The van der Waals surface area contributed by atoms with Gasteiger partial charge in [0.05, 0.1) is 18.4 Å². The quantitative estimate of drug-likeness (QED) is 0.0350. The number of aryl methyl sites for hydroxylation is 1. The Morgan fingerprint density at radius 3 is 2.18 bits per heavy atom. The average molecular weight is 682 g/mol. The number of amides is 1. The van der Waals surface area contributed by atoms with Gasteiger partial charge in [0.2, 0.25) is 6.41 Å². The molecule has 0 heterocycles. The molecule has 4 rings (SSSR count). The van der Waals surface area contributed by atoms with Crippen molar-refractivity contribution in [1.29, 1.82) is 0 Å². The van der Waals surface area contributed by atoms with E-state index in [0.29, 0.717) is 49.5 Å². The number of anilines is 1. The van der Waals surface area contributed by atoms with Gasteiger partial charge in [0.1, 0.15) is 17.2 Å². The molecule has 1 unspecified atom stereocenters. The maximum Gasteiger partial charge on any atom is 0.211 e. The number of ether oxygens (including phenoxy) is 1. The van der Waals surface area contributed by atoms with Crippen molar-refractivity contribution in [3.05, 3.63) is 119 Å². The molecule has 50 heavy (non-hydrogen) atoms. The fraction of sp³-hybridized carbons (Fsp3) is 0.405. The third kappa shape index (κ3) is 11.6. The molecule has 0 saturated carbocycles. The number of aromatic hydroxyl groups is 2. The maximum atomic E-state index is 11.0. The van der Waals surface area contributed by atoms with E-state index in [1.807, 2.05) is 30.3 Å². The van der Waals surface area contributed by atoms with Crippen molar-refractivity contribution >= 4 is 12.1 Å². The highest BCUT2D eigenvalue weighted by atomic mass is 16.5. The molecule has 268 valence electrons. The summed E-state index contributed by atoms with van der Waals surface area (Å²) in [6, 6.07) is 30.4. The highest BCUT2D eigenvalue weighted by molar-refractivity contribution is 5.75. The number of rotatable bonds is 21. The largest absolute Gasteiger partial charge is 0.508 e. The smallest absolute Gasteiger partial charge is 0.211 e. The molecule has 8 nitrogen and oxygen atoms in total. The van der Waals surface area contributed by atoms with Crippen LogP contribution in [0, 0.1) is 0 Å². The van der Waals surface area contributed by atoms with Crippen LogP contribution in [0.5, 0.6) is 17.2 Å². The van der Waals surface area contributed by atoms with E-state index in [-0.39, 0.29) is 17.4 Å².